The number of rotatable bonds is 4. The lowest BCUT2D eigenvalue weighted by Crippen LogP contribution is -2.12. The Morgan fingerprint density at radius 2 is 1.79 bits per heavy atom. The molecule has 6 heteroatoms. The third-order valence-electron chi connectivity index (χ3n) is 2.80. The van der Waals surface area contributed by atoms with Crippen LogP contribution in [-0.4, -0.2) is 22.9 Å². The van der Waals surface area contributed by atoms with E-state index in [0.29, 0.717) is 5.82 Å². The van der Waals surface area contributed by atoms with Gasteiger partial charge in [0.25, 0.3) is 0 Å². The van der Waals surface area contributed by atoms with Crippen LogP contribution < -0.4 is 5.32 Å². The van der Waals surface area contributed by atoms with E-state index in [4.69, 9.17) is 0 Å². The highest BCUT2D eigenvalue weighted by atomic mass is 19.4. The van der Waals surface area contributed by atoms with E-state index >= 15 is 0 Å². The fourth-order valence-corrected chi connectivity index (χ4v) is 1.86. The maximum atomic E-state index is 12.0. The molecule has 2 rings (SSSR count). The first-order valence-electron chi connectivity index (χ1n) is 6.00. The van der Waals surface area contributed by atoms with Crippen molar-refractivity contribution >= 4 is 16.6 Å². The summed E-state index contributed by atoms with van der Waals surface area (Å²) in [5.41, 5.74) is 0.802. The van der Waals surface area contributed by atoms with E-state index in [2.05, 4.69) is 15.5 Å². The highest BCUT2D eigenvalue weighted by molar-refractivity contribution is 5.92. The van der Waals surface area contributed by atoms with E-state index < -0.39 is 12.6 Å². The summed E-state index contributed by atoms with van der Waals surface area (Å²) in [6, 6.07) is 7.55. The number of aromatic nitrogens is 2. The average molecular weight is 269 g/mol. The number of nitrogens with zero attached hydrogens (tertiary/aromatic N) is 2. The second-order valence-electron chi connectivity index (χ2n) is 4.33. The summed E-state index contributed by atoms with van der Waals surface area (Å²) in [4.78, 5) is 0. The zero-order chi connectivity index (χ0) is 13.9. The molecule has 3 nitrogen and oxygen atoms in total. The number of aryl methyl sites for hydroxylation is 1. The van der Waals surface area contributed by atoms with E-state index in [1.165, 1.54) is 0 Å². The molecular formula is C13H14F3N3. The van der Waals surface area contributed by atoms with Crippen LogP contribution in [0.15, 0.2) is 24.3 Å². The Labute approximate surface area is 108 Å². The Morgan fingerprint density at radius 1 is 1.11 bits per heavy atom. The predicted octanol–water partition coefficient (Wildman–Crippen LogP) is 3.69. The minimum absolute atomic E-state index is 0.0212. The van der Waals surface area contributed by atoms with Crippen molar-refractivity contribution in [1.29, 1.82) is 0 Å². The molecule has 0 saturated carbocycles. The van der Waals surface area contributed by atoms with Gasteiger partial charge in [0.05, 0.1) is 5.69 Å². The fourth-order valence-electron chi connectivity index (χ4n) is 1.86. The van der Waals surface area contributed by atoms with Crippen molar-refractivity contribution < 1.29 is 13.2 Å². The second kappa shape index (κ2) is 5.42. The summed E-state index contributed by atoms with van der Waals surface area (Å²) in [5.74, 6) is 0.531. The molecule has 0 radical (unpaired) electrons. The predicted molar refractivity (Wildman–Crippen MR) is 68.1 cm³/mol. The topological polar surface area (TPSA) is 37.8 Å². The fraction of sp³-hybridized carbons (Fsp3) is 0.385. The Hall–Kier alpha value is -1.85. The van der Waals surface area contributed by atoms with Gasteiger partial charge in [-0.2, -0.15) is 18.3 Å². The highest BCUT2D eigenvalue weighted by Gasteiger charge is 2.25. The monoisotopic (exact) mass is 269 g/mol. The molecule has 19 heavy (non-hydrogen) atoms. The van der Waals surface area contributed by atoms with Gasteiger partial charge in [0.2, 0.25) is 0 Å². The molecule has 0 bridgehead atoms. The summed E-state index contributed by atoms with van der Waals surface area (Å²) in [6.07, 6.45) is -4.88. The minimum Gasteiger partial charge on any atom is -0.368 e. The maximum absolute atomic E-state index is 12.0. The number of benzene rings is 1. The number of hydrogen-bond donors (Lipinski definition) is 1. The molecular weight excluding hydrogens is 255 g/mol. The van der Waals surface area contributed by atoms with Gasteiger partial charge in [-0.3, -0.25) is 0 Å². The molecule has 102 valence electrons. The minimum atomic E-state index is -4.11. The van der Waals surface area contributed by atoms with Crippen molar-refractivity contribution in [2.75, 3.05) is 11.9 Å². The Balaban J connectivity index is 2.07. The molecule has 0 fully saturated rings. The number of hydrogen-bond acceptors (Lipinski definition) is 3. The molecule has 1 aromatic heterocycles. The molecule has 1 heterocycles. The van der Waals surface area contributed by atoms with Crippen LogP contribution in [0.2, 0.25) is 0 Å². The molecule has 1 aromatic carbocycles. The summed E-state index contributed by atoms with van der Waals surface area (Å²) in [6.45, 7) is 2.07. The number of nitrogens with one attached hydrogen (secondary N) is 1. The number of anilines is 1. The van der Waals surface area contributed by atoms with Crippen LogP contribution in [0.1, 0.15) is 18.5 Å². The third-order valence-corrected chi connectivity index (χ3v) is 2.80. The highest BCUT2D eigenvalue weighted by Crippen LogP contribution is 2.23. The van der Waals surface area contributed by atoms with E-state index in [0.717, 1.165) is 16.5 Å². The van der Waals surface area contributed by atoms with Crippen molar-refractivity contribution in [3.05, 3.63) is 30.0 Å². The lowest BCUT2D eigenvalue weighted by molar-refractivity contribution is -0.134. The third kappa shape index (κ3) is 3.56. The van der Waals surface area contributed by atoms with Crippen molar-refractivity contribution in [1.82, 2.24) is 10.2 Å². The summed E-state index contributed by atoms with van der Waals surface area (Å²) < 4.78 is 36.1. The van der Waals surface area contributed by atoms with Crippen LogP contribution in [0, 0.1) is 6.92 Å². The summed E-state index contributed by atoms with van der Waals surface area (Å²) in [7, 11) is 0. The van der Waals surface area contributed by atoms with Crippen LogP contribution in [0.4, 0.5) is 19.0 Å². The molecule has 1 N–H and O–H groups in total. The normalized spacial score (nSPS) is 11.8. The van der Waals surface area contributed by atoms with Gasteiger partial charge in [0.1, 0.15) is 0 Å². The molecule has 0 aliphatic heterocycles. The molecule has 0 aliphatic carbocycles. The molecule has 0 amide bonds. The first-order valence-corrected chi connectivity index (χ1v) is 6.00. The van der Waals surface area contributed by atoms with E-state index in [1.54, 1.807) is 0 Å². The standard InChI is InChI=1S/C13H14F3N3/c1-9-10-5-2-3-6-11(10)12(19-18-9)17-8-4-7-13(14,15)16/h2-3,5-6H,4,7-8H2,1H3,(H,17,19). The van der Waals surface area contributed by atoms with Gasteiger partial charge in [0, 0.05) is 23.7 Å². The van der Waals surface area contributed by atoms with Crippen LogP contribution >= 0.6 is 0 Å². The second-order valence-corrected chi connectivity index (χ2v) is 4.33. The van der Waals surface area contributed by atoms with Crippen LogP contribution in [-0.2, 0) is 0 Å². The molecule has 0 saturated heterocycles. The van der Waals surface area contributed by atoms with Gasteiger partial charge in [-0.15, -0.1) is 5.10 Å². The average Bonchev–Trinajstić information content (AvgIpc) is 2.36. The Morgan fingerprint density at radius 3 is 2.47 bits per heavy atom. The van der Waals surface area contributed by atoms with E-state index in [-0.39, 0.29) is 13.0 Å². The van der Waals surface area contributed by atoms with E-state index in [9.17, 15) is 13.2 Å². The van der Waals surface area contributed by atoms with Crippen molar-refractivity contribution in [3.8, 4) is 0 Å². The first-order chi connectivity index (χ1) is 8.97. The smallest absolute Gasteiger partial charge is 0.368 e. The molecule has 0 atom stereocenters. The van der Waals surface area contributed by atoms with Gasteiger partial charge in [-0.25, -0.2) is 0 Å². The SMILES string of the molecule is Cc1nnc(NCCCC(F)(F)F)c2ccccc12. The van der Waals surface area contributed by atoms with Gasteiger partial charge >= 0.3 is 6.18 Å². The van der Waals surface area contributed by atoms with Crippen molar-refractivity contribution in [2.45, 2.75) is 25.9 Å². The lowest BCUT2D eigenvalue weighted by atomic mass is 10.1. The molecule has 0 aliphatic rings. The number of alkyl halides is 3. The summed E-state index contributed by atoms with van der Waals surface area (Å²) in [5, 5.41) is 12.7. The van der Waals surface area contributed by atoms with E-state index in [1.807, 2.05) is 31.2 Å². The number of halogens is 3. The number of fused-ring (bicyclic) bond motifs is 1. The lowest BCUT2D eigenvalue weighted by Gasteiger charge is -2.10. The first kappa shape index (κ1) is 13.6. The van der Waals surface area contributed by atoms with Crippen LogP contribution in [0.25, 0.3) is 10.8 Å². The molecule has 2 aromatic rings. The van der Waals surface area contributed by atoms with Crippen molar-refractivity contribution in [2.24, 2.45) is 0 Å². The molecule has 0 spiro atoms. The van der Waals surface area contributed by atoms with Crippen molar-refractivity contribution in [3.63, 3.8) is 0 Å². The Bertz CT molecular complexity index is 567. The van der Waals surface area contributed by atoms with Gasteiger partial charge in [-0.05, 0) is 13.3 Å². The summed E-state index contributed by atoms with van der Waals surface area (Å²) >= 11 is 0. The van der Waals surface area contributed by atoms with Crippen LogP contribution in [0.5, 0.6) is 0 Å². The Kier molecular flexibility index (Phi) is 3.87. The van der Waals surface area contributed by atoms with Gasteiger partial charge in [0.15, 0.2) is 5.82 Å². The largest absolute Gasteiger partial charge is 0.389 e. The zero-order valence-corrected chi connectivity index (χ0v) is 10.5. The van der Waals surface area contributed by atoms with Crippen LogP contribution in [0.3, 0.4) is 0 Å². The quantitative estimate of drug-likeness (QED) is 0.860. The van der Waals surface area contributed by atoms with Gasteiger partial charge < -0.3 is 5.32 Å². The maximum Gasteiger partial charge on any atom is 0.389 e. The molecule has 0 unspecified atom stereocenters. The zero-order valence-electron chi connectivity index (χ0n) is 10.5. The van der Waals surface area contributed by atoms with Gasteiger partial charge in [-0.1, -0.05) is 24.3 Å².